The Morgan fingerprint density at radius 2 is 1.96 bits per heavy atom. The molecule has 0 unspecified atom stereocenters. The van der Waals surface area contributed by atoms with Gasteiger partial charge in [-0.05, 0) is 44.7 Å². The molecule has 0 radical (unpaired) electrons. The van der Waals surface area contributed by atoms with Gasteiger partial charge in [0.1, 0.15) is 0 Å². The molecule has 2 fully saturated rings. The van der Waals surface area contributed by atoms with E-state index in [1.807, 2.05) is 12.1 Å². The van der Waals surface area contributed by atoms with Gasteiger partial charge in [-0.2, -0.15) is 0 Å². The second-order valence-corrected chi connectivity index (χ2v) is 7.49. The van der Waals surface area contributed by atoms with Crippen molar-refractivity contribution in [1.82, 2.24) is 19.9 Å². The Kier molecular flexibility index (Phi) is 4.59. The lowest BCUT2D eigenvalue weighted by Gasteiger charge is -2.33. The van der Waals surface area contributed by atoms with Crippen molar-refractivity contribution in [2.24, 2.45) is 5.92 Å². The van der Waals surface area contributed by atoms with Gasteiger partial charge in [-0.1, -0.05) is 25.3 Å². The lowest BCUT2D eigenvalue weighted by molar-refractivity contribution is -0.126. The number of nitrogens with zero attached hydrogens (tertiary/aromatic N) is 4. The van der Waals surface area contributed by atoms with E-state index in [-0.39, 0.29) is 11.8 Å². The smallest absolute Gasteiger partial charge is 0.231 e. The van der Waals surface area contributed by atoms with Crippen LogP contribution in [-0.4, -0.2) is 39.6 Å². The Hall–Kier alpha value is -2.11. The first kappa shape index (κ1) is 16.4. The molecular weight excluding hydrogens is 314 g/mol. The molecule has 134 valence electrons. The van der Waals surface area contributed by atoms with Gasteiger partial charge in [0, 0.05) is 24.8 Å². The number of nitrogens with one attached hydrogen (secondary N) is 1. The van der Waals surface area contributed by atoms with Crippen molar-refractivity contribution < 1.29 is 4.79 Å². The van der Waals surface area contributed by atoms with Crippen LogP contribution >= 0.6 is 0 Å². The second kappa shape index (κ2) is 7.02. The third kappa shape index (κ3) is 3.34. The van der Waals surface area contributed by atoms with Crippen LogP contribution in [0.25, 0.3) is 5.65 Å². The number of amides is 1. The summed E-state index contributed by atoms with van der Waals surface area (Å²) >= 11 is 0. The summed E-state index contributed by atoms with van der Waals surface area (Å²) in [5.74, 6) is 1.14. The van der Waals surface area contributed by atoms with Gasteiger partial charge < -0.3 is 10.2 Å². The quantitative estimate of drug-likeness (QED) is 0.932. The Bertz CT molecular complexity index is 749. The third-order valence-electron chi connectivity index (χ3n) is 5.63. The van der Waals surface area contributed by atoms with E-state index in [2.05, 4.69) is 37.8 Å². The Balaban J connectivity index is 1.47. The molecule has 4 rings (SSSR count). The zero-order valence-corrected chi connectivity index (χ0v) is 14.9. The topological polar surface area (TPSA) is 62.5 Å². The predicted octanol–water partition coefficient (Wildman–Crippen LogP) is 2.70. The van der Waals surface area contributed by atoms with E-state index in [9.17, 15) is 4.79 Å². The summed E-state index contributed by atoms with van der Waals surface area (Å²) in [6.45, 7) is 3.73. The molecule has 1 amide bonds. The molecule has 2 aromatic heterocycles. The van der Waals surface area contributed by atoms with E-state index in [1.165, 1.54) is 19.3 Å². The van der Waals surface area contributed by atoms with E-state index < -0.39 is 0 Å². The van der Waals surface area contributed by atoms with Crippen molar-refractivity contribution in [2.75, 3.05) is 18.0 Å². The summed E-state index contributed by atoms with van der Waals surface area (Å²) in [6.07, 6.45) is 8.04. The minimum Gasteiger partial charge on any atom is -0.353 e. The zero-order chi connectivity index (χ0) is 17.2. The van der Waals surface area contributed by atoms with Crippen LogP contribution in [0.2, 0.25) is 0 Å². The first-order chi connectivity index (χ1) is 12.2. The van der Waals surface area contributed by atoms with Crippen molar-refractivity contribution in [3.63, 3.8) is 0 Å². The molecule has 0 aromatic carbocycles. The highest BCUT2D eigenvalue weighted by Crippen LogP contribution is 2.24. The van der Waals surface area contributed by atoms with Crippen molar-refractivity contribution in [3.8, 4) is 0 Å². The minimum absolute atomic E-state index is 0.0482. The molecule has 0 bridgehead atoms. The summed E-state index contributed by atoms with van der Waals surface area (Å²) in [4.78, 5) is 15.0. The maximum atomic E-state index is 12.7. The summed E-state index contributed by atoms with van der Waals surface area (Å²) in [5.41, 5.74) is 1.98. The molecule has 25 heavy (non-hydrogen) atoms. The molecule has 1 aliphatic heterocycles. The van der Waals surface area contributed by atoms with Crippen LogP contribution in [-0.2, 0) is 4.79 Å². The summed E-state index contributed by atoms with van der Waals surface area (Å²) < 4.78 is 2.08. The molecule has 2 aromatic rings. The average Bonchev–Trinajstić information content (AvgIpc) is 3.08. The van der Waals surface area contributed by atoms with Crippen molar-refractivity contribution in [3.05, 3.63) is 23.9 Å². The number of hydrogen-bond acceptors (Lipinski definition) is 4. The van der Waals surface area contributed by atoms with Gasteiger partial charge in [0.2, 0.25) is 11.9 Å². The molecular formula is C19H27N5O. The molecule has 0 spiro atoms. The average molecular weight is 341 g/mol. The lowest BCUT2D eigenvalue weighted by atomic mass is 9.93. The Morgan fingerprint density at radius 1 is 1.12 bits per heavy atom. The normalized spacial score (nSPS) is 22.3. The van der Waals surface area contributed by atoms with Crippen LogP contribution in [0.15, 0.2) is 18.2 Å². The third-order valence-corrected chi connectivity index (χ3v) is 5.63. The lowest BCUT2D eigenvalue weighted by Crippen LogP contribution is -2.46. The van der Waals surface area contributed by atoms with E-state index >= 15 is 0 Å². The zero-order valence-electron chi connectivity index (χ0n) is 14.9. The molecule has 2 aliphatic rings. The second-order valence-electron chi connectivity index (χ2n) is 7.49. The van der Waals surface area contributed by atoms with Gasteiger partial charge in [0.15, 0.2) is 5.65 Å². The van der Waals surface area contributed by atoms with Gasteiger partial charge in [-0.15, -0.1) is 10.2 Å². The Morgan fingerprint density at radius 3 is 2.80 bits per heavy atom. The highest BCUT2D eigenvalue weighted by atomic mass is 16.2. The van der Waals surface area contributed by atoms with E-state index in [0.717, 1.165) is 56.1 Å². The van der Waals surface area contributed by atoms with E-state index in [4.69, 9.17) is 0 Å². The number of piperidine rings is 1. The number of pyridine rings is 1. The van der Waals surface area contributed by atoms with Crippen LogP contribution < -0.4 is 10.2 Å². The number of carbonyl (C=O) groups is 1. The fourth-order valence-corrected chi connectivity index (χ4v) is 4.23. The summed E-state index contributed by atoms with van der Waals surface area (Å²) in [7, 11) is 0. The Labute approximate surface area is 148 Å². The number of rotatable bonds is 3. The van der Waals surface area contributed by atoms with Gasteiger partial charge in [0.05, 0.1) is 5.92 Å². The largest absolute Gasteiger partial charge is 0.353 e. The van der Waals surface area contributed by atoms with Crippen molar-refractivity contribution in [1.29, 1.82) is 0 Å². The predicted molar refractivity (Wildman–Crippen MR) is 97.7 cm³/mol. The fraction of sp³-hybridized carbons (Fsp3) is 0.632. The number of fused-ring (bicyclic) bond motifs is 1. The highest BCUT2D eigenvalue weighted by molar-refractivity contribution is 5.79. The standard InChI is InChI=1S/C19H27N5O/c1-14-7-5-11-17-21-22-19(24(14)17)23-12-6-8-15(13-23)18(25)20-16-9-3-2-4-10-16/h5,7,11,15-16H,2-4,6,8-10,12-13H2,1H3,(H,20,25)/t15-/m0/s1. The number of aryl methyl sites for hydroxylation is 1. The molecule has 3 heterocycles. The molecule has 1 atom stereocenters. The van der Waals surface area contributed by atoms with E-state index in [0.29, 0.717) is 6.04 Å². The fourth-order valence-electron chi connectivity index (χ4n) is 4.23. The van der Waals surface area contributed by atoms with Crippen LogP contribution in [0.4, 0.5) is 5.95 Å². The molecule has 6 nitrogen and oxygen atoms in total. The molecule has 6 heteroatoms. The molecule has 1 saturated heterocycles. The maximum absolute atomic E-state index is 12.7. The van der Waals surface area contributed by atoms with Crippen LogP contribution in [0.5, 0.6) is 0 Å². The number of carbonyl (C=O) groups excluding carboxylic acids is 1. The number of aromatic nitrogens is 3. The monoisotopic (exact) mass is 341 g/mol. The highest BCUT2D eigenvalue weighted by Gasteiger charge is 2.29. The number of hydrogen-bond donors (Lipinski definition) is 1. The molecule has 1 aliphatic carbocycles. The van der Waals surface area contributed by atoms with E-state index in [1.54, 1.807) is 0 Å². The maximum Gasteiger partial charge on any atom is 0.231 e. The van der Waals surface area contributed by atoms with Crippen molar-refractivity contribution in [2.45, 2.75) is 57.9 Å². The minimum atomic E-state index is 0.0482. The summed E-state index contributed by atoms with van der Waals surface area (Å²) in [6, 6.07) is 6.42. The number of anilines is 1. The SMILES string of the molecule is Cc1cccc2nnc(N3CCC[C@H](C(=O)NC4CCCCC4)C3)n12. The van der Waals surface area contributed by atoms with Crippen LogP contribution in [0.1, 0.15) is 50.6 Å². The summed E-state index contributed by atoms with van der Waals surface area (Å²) in [5, 5.41) is 12.0. The molecule has 1 N–H and O–H groups in total. The van der Waals surface area contributed by atoms with Crippen LogP contribution in [0.3, 0.4) is 0 Å². The van der Waals surface area contributed by atoms with Crippen LogP contribution in [0, 0.1) is 12.8 Å². The first-order valence-electron chi connectivity index (χ1n) is 9.58. The molecule has 1 saturated carbocycles. The van der Waals surface area contributed by atoms with Crippen molar-refractivity contribution >= 4 is 17.5 Å². The first-order valence-corrected chi connectivity index (χ1v) is 9.58. The van der Waals surface area contributed by atoms with Gasteiger partial charge >= 0.3 is 0 Å². The van der Waals surface area contributed by atoms with Gasteiger partial charge in [0.25, 0.3) is 0 Å². The van der Waals surface area contributed by atoms with Gasteiger partial charge in [-0.25, -0.2) is 0 Å². The van der Waals surface area contributed by atoms with Gasteiger partial charge in [-0.3, -0.25) is 9.20 Å².